The number of likely N-dealkylation sites (N-methyl/N-ethyl adjacent to an activating group) is 1. The van der Waals surface area contributed by atoms with Crippen LogP contribution in [0.1, 0.15) is 25.5 Å². The Bertz CT molecular complexity index is 580. The van der Waals surface area contributed by atoms with Crippen molar-refractivity contribution < 1.29 is 9.13 Å². The molecule has 0 amide bonds. The van der Waals surface area contributed by atoms with Gasteiger partial charge in [0.15, 0.2) is 0 Å². The molecule has 6 heteroatoms. The van der Waals surface area contributed by atoms with Crippen molar-refractivity contribution in [3.05, 3.63) is 29.8 Å². The standard InChI is InChI=1S/C15H20FN3OS/c1-15(2)19(3)13(9-16)14(20-15)11-5-7-12(8-6-11)21(4)18-10-17/h5-8,13-14H,9H2,1-4H3/t13-,14-,21?/m1/s1. The fourth-order valence-corrected chi connectivity index (χ4v) is 3.28. The van der Waals surface area contributed by atoms with Crippen LogP contribution in [0.4, 0.5) is 4.39 Å². The Morgan fingerprint density at radius 3 is 2.57 bits per heavy atom. The third-order valence-corrected chi connectivity index (χ3v) is 5.31. The lowest BCUT2D eigenvalue weighted by Crippen LogP contribution is -2.41. The minimum absolute atomic E-state index is 0.282. The van der Waals surface area contributed by atoms with Crippen LogP contribution < -0.4 is 0 Å². The van der Waals surface area contributed by atoms with Crippen molar-refractivity contribution in [2.45, 2.75) is 36.6 Å². The van der Waals surface area contributed by atoms with Gasteiger partial charge in [-0.25, -0.2) is 4.39 Å². The zero-order chi connectivity index (χ0) is 15.6. The molecule has 1 heterocycles. The lowest BCUT2D eigenvalue weighted by atomic mass is 10.0. The summed E-state index contributed by atoms with van der Waals surface area (Å²) in [5, 5.41) is 8.60. The number of nitriles is 1. The first-order chi connectivity index (χ1) is 9.90. The molecule has 0 aromatic heterocycles. The molecule has 1 saturated heterocycles. The Hall–Kier alpha value is -1.29. The molecule has 1 aliphatic rings. The second-order valence-electron chi connectivity index (χ2n) is 5.56. The fraction of sp³-hybridized carbons (Fsp3) is 0.533. The highest BCUT2D eigenvalue weighted by molar-refractivity contribution is 7.86. The van der Waals surface area contributed by atoms with E-state index in [4.69, 9.17) is 10.00 Å². The molecular weight excluding hydrogens is 289 g/mol. The monoisotopic (exact) mass is 309 g/mol. The number of ether oxygens (including phenoxy) is 1. The van der Waals surface area contributed by atoms with Gasteiger partial charge in [-0.1, -0.05) is 22.8 Å². The Morgan fingerprint density at radius 1 is 1.43 bits per heavy atom. The molecule has 3 atom stereocenters. The van der Waals surface area contributed by atoms with Gasteiger partial charge in [-0.15, -0.1) is 4.36 Å². The van der Waals surface area contributed by atoms with Crippen molar-refractivity contribution in [1.82, 2.24) is 4.90 Å². The Morgan fingerprint density at radius 2 is 2.05 bits per heavy atom. The maximum atomic E-state index is 13.4. The molecule has 0 saturated carbocycles. The van der Waals surface area contributed by atoms with Crippen LogP contribution in [0.15, 0.2) is 33.5 Å². The summed E-state index contributed by atoms with van der Waals surface area (Å²) >= 11 is 0. The molecule has 2 rings (SSSR count). The zero-order valence-corrected chi connectivity index (χ0v) is 13.5. The molecular formula is C15H20FN3OS. The number of hydrogen-bond donors (Lipinski definition) is 0. The summed E-state index contributed by atoms with van der Waals surface area (Å²) in [5.41, 5.74) is 0.471. The number of benzene rings is 1. The molecule has 21 heavy (non-hydrogen) atoms. The van der Waals surface area contributed by atoms with Gasteiger partial charge in [0.05, 0.1) is 6.04 Å². The van der Waals surface area contributed by atoms with Gasteiger partial charge in [0.1, 0.15) is 18.5 Å². The molecule has 4 nitrogen and oxygen atoms in total. The van der Waals surface area contributed by atoms with Gasteiger partial charge in [0, 0.05) is 4.90 Å². The molecule has 1 unspecified atom stereocenters. The summed E-state index contributed by atoms with van der Waals surface area (Å²) in [7, 11) is 1.45. The Balaban J connectivity index is 2.27. The van der Waals surface area contributed by atoms with Gasteiger partial charge < -0.3 is 4.74 Å². The van der Waals surface area contributed by atoms with Crippen LogP contribution in [0.5, 0.6) is 0 Å². The first-order valence-electron chi connectivity index (χ1n) is 6.73. The van der Waals surface area contributed by atoms with Gasteiger partial charge in [-0.2, -0.15) is 5.26 Å². The number of rotatable bonds is 3. The van der Waals surface area contributed by atoms with Gasteiger partial charge >= 0.3 is 0 Å². The highest BCUT2D eigenvalue weighted by Gasteiger charge is 2.45. The van der Waals surface area contributed by atoms with E-state index >= 15 is 0 Å². The van der Waals surface area contributed by atoms with E-state index < -0.39 is 23.1 Å². The summed E-state index contributed by atoms with van der Waals surface area (Å²) in [4.78, 5) is 2.92. The van der Waals surface area contributed by atoms with Crippen LogP contribution in [0.3, 0.4) is 0 Å². The van der Waals surface area contributed by atoms with E-state index in [1.54, 1.807) is 0 Å². The molecule has 0 radical (unpaired) electrons. The van der Waals surface area contributed by atoms with Crippen LogP contribution >= 0.6 is 0 Å². The lowest BCUT2D eigenvalue weighted by Gasteiger charge is -2.28. The van der Waals surface area contributed by atoms with E-state index in [2.05, 4.69) is 4.36 Å². The third kappa shape index (κ3) is 3.15. The fourth-order valence-electron chi connectivity index (χ4n) is 2.52. The molecule has 1 aliphatic heterocycles. The van der Waals surface area contributed by atoms with Crippen LogP contribution in [-0.2, 0) is 15.4 Å². The number of nitrogens with zero attached hydrogens (tertiary/aromatic N) is 3. The maximum absolute atomic E-state index is 13.4. The van der Waals surface area contributed by atoms with Gasteiger partial charge in [-0.3, -0.25) is 4.90 Å². The van der Waals surface area contributed by atoms with Gasteiger partial charge in [0.25, 0.3) is 0 Å². The predicted octanol–water partition coefficient (Wildman–Crippen LogP) is 3.04. The summed E-state index contributed by atoms with van der Waals surface area (Å²) in [6.45, 7) is 3.44. The minimum Gasteiger partial charge on any atom is -0.351 e. The molecule has 0 bridgehead atoms. The first kappa shape index (κ1) is 16.1. The molecule has 1 aromatic rings. The lowest BCUT2D eigenvalue weighted by molar-refractivity contribution is -0.0684. The van der Waals surface area contributed by atoms with E-state index in [1.165, 1.54) is 0 Å². The van der Waals surface area contributed by atoms with Crippen molar-refractivity contribution in [3.8, 4) is 6.19 Å². The smallest absolute Gasteiger partial charge is 0.212 e. The Kier molecular flexibility index (Phi) is 4.77. The van der Waals surface area contributed by atoms with Crippen LogP contribution in [-0.4, -0.2) is 36.6 Å². The van der Waals surface area contributed by atoms with E-state index in [-0.39, 0.29) is 12.1 Å². The highest BCUT2D eigenvalue weighted by atomic mass is 32.2. The van der Waals surface area contributed by atoms with E-state index in [0.29, 0.717) is 0 Å². The van der Waals surface area contributed by atoms with E-state index in [1.807, 2.05) is 62.5 Å². The van der Waals surface area contributed by atoms with Crippen molar-refractivity contribution in [3.63, 3.8) is 0 Å². The van der Waals surface area contributed by atoms with Gasteiger partial charge in [0.2, 0.25) is 6.19 Å². The normalized spacial score (nSPS) is 26.7. The number of alkyl halides is 1. The second-order valence-corrected chi connectivity index (χ2v) is 7.17. The second kappa shape index (κ2) is 6.22. The van der Waals surface area contributed by atoms with Crippen molar-refractivity contribution in [2.75, 3.05) is 20.0 Å². The summed E-state index contributed by atoms with van der Waals surface area (Å²) in [5.74, 6) is 0. The molecule has 114 valence electrons. The van der Waals surface area contributed by atoms with Gasteiger partial charge in [-0.05, 0) is 44.8 Å². The molecule has 0 N–H and O–H groups in total. The summed E-state index contributed by atoms with van der Waals surface area (Å²) < 4.78 is 23.2. The summed E-state index contributed by atoms with van der Waals surface area (Å²) in [6.07, 6.45) is 3.44. The molecule has 1 fully saturated rings. The average Bonchev–Trinajstić information content (AvgIpc) is 2.70. The number of hydrogen-bond acceptors (Lipinski definition) is 4. The molecule has 1 aromatic carbocycles. The maximum Gasteiger partial charge on any atom is 0.212 e. The SMILES string of the molecule is CN1[C@H](CF)[C@@H](c2ccc(S(C)=NC#N)cc2)OC1(C)C. The van der Waals surface area contributed by atoms with E-state index in [9.17, 15) is 4.39 Å². The van der Waals surface area contributed by atoms with Crippen molar-refractivity contribution >= 4 is 10.7 Å². The minimum atomic E-state index is -0.481. The first-order valence-corrected chi connectivity index (χ1v) is 8.32. The predicted molar refractivity (Wildman–Crippen MR) is 81.5 cm³/mol. The number of halogens is 1. The van der Waals surface area contributed by atoms with E-state index in [0.717, 1.165) is 10.5 Å². The summed E-state index contributed by atoms with van der Waals surface area (Å²) in [6, 6.07) is 7.46. The largest absolute Gasteiger partial charge is 0.351 e. The van der Waals surface area contributed by atoms with Crippen LogP contribution in [0.25, 0.3) is 0 Å². The highest BCUT2D eigenvalue weighted by Crippen LogP contribution is 2.39. The zero-order valence-electron chi connectivity index (χ0n) is 12.7. The third-order valence-electron chi connectivity index (χ3n) is 4.00. The quantitative estimate of drug-likeness (QED) is 0.806. The molecule has 0 spiro atoms. The average molecular weight is 309 g/mol. The molecule has 0 aliphatic carbocycles. The Labute approximate surface area is 127 Å². The van der Waals surface area contributed by atoms with Crippen LogP contribution in [0, 0.1) is 11.5 Å². The van der Waals surface area contributed by atoms with Crippen LogP contribution in [0.2, 0.25) is 0 Å². The van der Waals surface area contributed by atoms with Crippen molar-refractivity contribution in [2.24, 2.45) is 4.36 Å². The topological polar surface area (TPSA) is 48.6 Å². The van der Waals surface area contributed by atoms with Crippen molar-refractivity contribution in [1.29, 1.82) is 5.26 Å².